The second kappa shape index (κ2) is 20.9. The third kappa shape index (κ3) is 10.4. The van der Waals surface area contributed by atoms with E-state index in [-0.39, 0.29) is 43.4 Å². The Morgan fingerprint density at radius 2 is 1.43 bits per heavy atom. The van der Waals surface area contributed by atoms with Gasteiger partial charge in [-0.15, -0.1) is 0 Å². The van der Waals surface area contributed by atoms with Crippen molar-refractivity contribution in [2.45, 2.75) is 77.2 Å². The molecule has 0 radical (unpaired) electrons. The lowest BCUT2D eigenvalue weighted by molar-refractivity contribution is -0.0931. The number of hydrogen-bond donors (Lipinski definition) is 1. The first-order valence-corrected chi connectivity index (χ1v) is 21.5. The number of methoxy groups -OCH3 is 2. The zero-order chi connectivity index (χ0) is 43.5. The number of rotatable bonds is 19. The van der Waals surface area contributed by atoms with Crippen molar-refractivity contribution in [2.75, 3.05) is 32.8 Å². The van der Waals surface area contributed by atoms with Gasteiger partial charge in [0.2, 0.25) is 0 Å². The van der Waals surface area contributed by atoms with Gasteiger partial charge in [-0.1, -0.05) is 79.7 Å². The van der Waals surface area contributed by atoms with Crippen LogP contribution < -0.4 is 20.5 Å². The summed E-state index contributed by atoms with van der Waals surface area (Å²) in [6, 6.07) is 38.0. The van der Waals surface area contributed by atoms with Crippen molar-refractivity contribution in [1.29, 1.82) is 5.26 Å². The summed E-state index contributed by atoms with van der Waals surface area (Å²) < 4.78 is 42.3. The highest BCUT2D eigenvalue weighted by Gasteiger charge is 2.49. The van der Waals surface area contributed by atoms with E-state index >= 15 is 0 Å². The van der Waals surface area contributed by atoms with Crippen molar-refractivity contribution < 1.29 is 32.8 Å². The lowest BCUT2D eigenvalue weighted by Crippen LogP contribution is -2.40. The van der Waals surface area contributed by atoms with Crippen LogP contribution in [-0.2, 0) is 24.1 Å². The molecule has 61 heavy (non-hydrogen) atoms. The van der Waals surface area contributed by atoms with Crippen LogP contribution >= 0.6 is 8.53 Å². The molecule has 2 heterocycles. The lowest BCUT2D eigenvalue weighted by atomic mass is 9.80. The minimum Gasteiger partial charge on any atom is -0.497 e. The van der Waals surface area contributed by atoms with Crippen LogP contribution in [0.3, 0.4) is 0 Å². The predicted molar refractivity (Wildman–Crippen MR) is 234 cm³/mol. The summed E-state index contributed by atoms with van der Waals surface area (Å²) in [5, 5.41) is 12.1. The quantitative estimate of drug-likeness (QED) is 0.0484. The molecule has 4 aromatic carbocycles. The van der Waals surface area contributed by atoms with Crippen LogP contribution in [0, 0.1) is 17.2 Å². The fourth-order valence-corrected chi connectivity index (χ4v) is 9.47. The van der Waals surface area contributed by atoms with Gasteiger partial charge in [-0.3, -0.25) is 9.36 Å². The van der Waals surface area contributed by atoms with Crippen molar-refractivity contribution in [2.24, 2.45) is 5.92 Å². The number of carbonyl (C=O) groups is 1. The molecule has 0 bridgehead atoms. The summed E-state index contributed by atoms with van der Waals surface area (Å²) in [5.74, 6) is 0.676. The van der Waals surface area contributed by atoms with Crippen molar-refractivity contribution >= 4 is 20.3 Å². The van der Waals surface area contributed by atoms with Crippen molar-refractivity contribution in [3.8, 4) is 17.6 Å². The molecule has 1 saturated heterocycles. The molecule has 0 aliphatic carbocycles. The average Bonchev–Trinajstić information content (AvgIpc) is 3.58. The van der Waals surface area contributed by atoms with Crippen molar-refractivity contribution in [3.63, 3.8) is 0 Å². The first-order chi connectivity index (χ1) is 29.5. The molecular formula is C47H54N5O8P. The molecule has 1 fully saturated rings. The maximum absolute atomic E-state index is 13.8. The molecule has 5 aromatic rings. The molecule has 0 spiro atoms. The van der Waals surface area contributed by atoms with E-state index in [4.69, 9.17) is 28.0 Å². The number of ether oxygens (including phenoxy) is 4. The molecule has 14 heteroatoms. The summed E-state index contributed by atoms with van der Waals surface area (Å²) >= 11 is 0. The second-order valence-electron chi connectivity index (χ2n) is 15.2. The Morgan fingerprint density at radius 1 is 0.869 bits per heavy atom. The zero-order valence-corrected chi connectivity index (χ0v) is 36.5. The molecule has 320 valence electrons. The van der Waals surface area contributed by atoms with Gasteiger partial charge in [0.15, 0.2) is 0 Å². The molecular weight excluding hydrogens is 794 g/mol. The standard InChI is InChI=1S/C47H54N5O8P/c1-32(2)52(33(3)4)61(58-30-14-28-48)60-43-34(5)45(51-29-27-42(50-46(51)54)49-44(53)35-15-10-8-11-16-35)59-41(43)31-57-47(36-17-12-9-13-18-36,37-19-23-39(55-6)24-20-37)38-21-25-40(56-7)26-22-38/h8-13,15-27,29,32-34,41,43,45H,14,30-31H2,1-7H3,(H,49,50,53,54)/t34-,41-,43+,45-,61?/m1/s1. The summed E-state index contributed by atoms with van der Waals surface area (Å²) in [7, 11) is 1.53. The summed E-state index contributed by atoms with van der Waals surface area (Å²) in [5.41, 5.74) is 1.20. The van der Waals surface area contributed by atoms with Gasteiger partial charge in [0.05, 0.1) is 39.9 Å². The van der Waals surface area contributed by atoms with Crippen LogP contribution in [-0.4, -0.2) is 71.9 Å². The lowest BCUT2D eigenvalue weighted by Gasteiger charge is -2.39. The molecule has 1 amide bonds. The fraction of sp³-hybridized carbons (Fsp3) is 0.362. The van der Waals surface area contributed by atoms with E-state index in [1.807, 2.05) is 91.9 Å². The predicted octanol–water partition coefficient (Wildman–Crippen LogP) is 8.72. The third-order valence-corrected chi connectivity index (χ3v) is 12.7. The molecule has 1 aliphatic heterocycles. The first kappa shape index (κ1) is 45.1. The van der Waals surface area contributed by atoms with Crippen LogP contribution in [0.15, 0.2) is 126 Å². The zero-order valence-electron chi connectivity index (χ0n) is 35.6. The van der Waals surface area contributed by atoms with Gasteiger partial charge >= 0.3 is 5.69 Å². The van der Waals surface area contributed by atoms with Crippen LogP contribution in [0.25, 0.3) is 0 Å². The topological polar surface area (TPSA) is 146 Å². The SMILES string of the molecule is COc1ccc(C(OC[C@H]2O[C@@H](n3ccc(NC(=O)c4ccccc4)nc3=O)[C@H](C)[C@@H]2OP(OCCC#N)N(C(C)C)C(C)C)(c2ccccc2)c2ccc(OC)cc2)cc1. The van der Waals surface area contributed by atoms with Crippen LogP contribution in [0.4, 0.5) is 5.82 Å². The summed E-state index contributed by atoms with van der Waals surface area (Å²) in [6.07, 6.45) is -0.484. The Kier molecular flexibility index (Phi) is 15.4. The Bertz CT molecular complexity index is 2210. The van der Waals surface area contributed by atoms with E-state index < -0.39 is 44.2 Å². The molecule has 1 aliphatic rings. The normalized spacial score (nSPS) is 18.2. The van der Waals surface area contributed by atoms with Crippen molar-refractivity contribution in [3.05, 3.63) is 154 Å². The highest BCUT2D eigenvalue weighted by molar-refractivity contribution is 7.44. The molecule has 1 unspecified atom stereocenters. The summed E-state index contributed by atoms with van der Waals surface area (Å²) in [6.45, 7) is 10.4. The number of nitrogens with zero attached hydrogens (tertiary/aromatic N) is 4. The minimum absolute atomic E-state index is 0.0105. The number of anilines is 1. The highest BCUT2D eigenvalue weighted by Crippen LogP contribution is 2.52. The van der Waals surface area contributed by atoms with E-state index in [2.05, 4.69) is 48.7 Å². The van der Waals surface area contributed by atoms with E-state index in [9.17, 15) is 14.9 Å². The fourth-order valence-electron chi connectivity index (χ4n) is 7.63. The Labute approximate surface area is 359 Å². The van der Waals surface area contributed by atoms with Gasteiger partial charge in [0.25, 0.3) is 14.4 Å². The average molecular weight is 848 g/mol. The number of nitrogens with one attached hydrogen (secondary N) is 1. The third-order valence-electron chi connectivity index (χ3n) is 10.5. The molecule has 1 N–H and O–H groups in total. The number of amides is 1. The van der Waals surface area contributed by atoms with E-state index in [0.717, 1.165) is 16.7 Å². The largest absolute Gasteiger partial charge is 0.497 e. The number of benzene rings is 4. The van der Waals surface area contributed by atoms with Crippen LogP contribution in [0.5, 0.6) is 11.5 Å². The van der Waals surface area contributed by atoms with E-state index in [1.165, 1.54) is 4.57 Å². The van der Waals surface area contributed by atoms with Gasteiger partial charge in [0, 0.05) is 29.8 Å². The summed E-state index contributed by atoms with van der Waals surface area (Å²) in [4.78, 5) is 31.0. The van der Waals surface area contributed by atoms with Gasteiger partial charge < -0.3 is 33.3 Å². The smallest absolute Gasteiger partial charge is 0.351 e. The highest BCUT2D eigenvalue weighted by atomic mass is 31.2. The molecule has 5 atom stereocenters. The monoisotopic (exact) mass is 847 g/mol. The number of aromatic nitrogens is 2. The Morgan fingerprint density at radius 3 is 1.95 bits per heavy atom. The van der Waals surface area contributed by atoms with E-state index in [1.54, 1.807) is 50.7 Å². The van der Waals surface area contributed by atoms with Gasteiger partial charge in [-0.05, 0) is 86.8 Å². The second-order valence-corrected chi connectivity index (χ2v) is 16.6. The molecule has 1 aromatic heterocycles. The van der Waals surface area contributed by atoms with Gasteiger partial charge in [0.1, 0.15) is 41.4 Å². The maximum atomic E-state index is 13.8. The minimum atomic E-state index is -1.73. The van der Waals surface area contributed by atoms with E-state index in [0.29, 0.717) is 17.1 Å². The number of hydrogen-bond acceptors (Lipinski definition) is 11. The Balaban J connectivity index is 1.42. The van der Waals surface area contributed by atoms with Crippen molar-refractivity contribution in [1.82, 2.24) is 14.2 Å². The number of carbonyl (C=O) groups excluding carboxylic acids is 1. The first-order valence-electron chi connectivity index (χ1n) is 20.3. The molecule has 13 nitrogen and oxygen atoms in total. The molecule has 6 rings (SSSR count). The van der Waals surface area contributed by atoms with Crippen LogP contribution in [0.1, 0.15) is 74.3 Å². The Hall–Kier alpha value is -5.45. The van der Waals surface area contributed by atoms with Crippen LogP contribution in [0.2, 0.25) is 0 Å². The van der Waals surface area contributed by atoms with Gasteiger partial charge in [-0.25, -0.2) is 9.46 Å². The van der Waals surface area contributed by atoms with Gasteiger partial charge in [-0.2, -0.15) is 10.2 Å². The molecule has 0 saturated carbocycles. The maximum Gasteiger partial charge on any atom is 0.351 e. The number of nitriles is 1.